The fraction of sp³-hybridized carbons (Fsp3) is 0.462. The number of hydrogen-bond acceptors (Lipinski definition) is 5. The molecule has 0 saturated carbocycles. The lowest BCUT2D eigenvalue weighted by molar-refractivity contribution is 0.386. The van der Waals surface area contributed by atoms with Gasteiger partial charge >= 0.3 is 0 Å². The third-order valence-corrected chi connectivity index (χ3v) is 4.78. The summed E-state index contributed by atoms with van der Waals surface area (Å²) in [7, 11) is 0. The van der Waals surface area contributed by atoms with E-state index in [9.17, 15) is 10.5 Å². The average Bonchev–Trinajstić information content (AvgIpc) is 2.46. The summed E-state index contributed by atoms with van der Waals surface area (Å²) < 4.78 is 0. The Morgan fingerprint density at radius 2 is 2.28 bits per heavy atom. The zero-order chi connectivity index (χ0) is 12.6. The molecule has 18 heavy (non-hydrogen) atoms. The predicted octanol–water partition coefficient (Wildman–Crippen LogP) is 1.59. The molecule has 1 fully saturated rings. The number of rotatable bonds is 0. The van der Waals surface area contributed by atoms with E-state index in [1.54, 1.807) is 12.4 Å². The lowest BCUT2D eigenvalue weighted by Crippen LogP contribution is -2.56. The molecule has 0 aromatic carbocycles. The molecular formula is C13H12N4S. The van der Waals surface area contributed by atoms with Crippen molar-refractivity contribution >= 4 is 17.4 Å². The van der Waals surface area contributed by atoms with Gasteiger partial charge in [-0.2, -0.15) is 22.3 Å². The number of nitrogens with zero attached hydrogens (tertiary/aromatic N) is 4. The van der Waals surface area contributed by atoms with Gasteiger partial charge in [0.25, 0.3) is 0 Å². The number of thioether (sulfide) groups is 1. The van der Waals surface area contributed by atoms with Crippen LogP contribution in [0.3, 0.4) is 0 Å². The highest BCUT2D eigenvalue weighted by Crippen LogP contribution is 2.43. The summed E-state index contributed by atoms with van der Waals surface area (Å²) in [6, 6.07) is 6.52. The standard InChI is InChI=1S/C13H12N4S/c14-8-13(9-15)5-10-6-16-2-1-11(10)17-3-4-18-7-12(13)17/h1-2,6,12H,3-5,7H2. The quantitative estimate of drug-likeness (QED) is 0.705. The van der Waals surface area contributed by atoms with Gasteiger partial charge in [-0.3, -0.25) is 4.98 Å². The molecule has 1 unspecified atom stereocenters. The first kappa shape index (κ1) is 11.4. The van der Waals surface area contributed by atoms with E-state index in [4.69, 9.17) is 0 Å². The van der Waals surface area contributed by atoms with Gasteiger partial charge in [0, 0.05) is 42.6 Å². The van der Waals surface area contributed by atoms with Crippen LogP contribution in [0.15, 0.2) is 18.5 Å². The smallest absolute Gasteiger partial charge is 0.168 e. The largest absolute Gasteiger partial charge is 0.364 e. The maximum Gasteiger partial charge on any atom is 0.168 e. The van der Waals surface area contributed by atoms with Crippen LogP contribution in [-0.4, -0.2) is 29.1 Å². The van der Waals surface area contributed by atoms with Crippen molar-refractivity contribution in [3.63, 3.8) is 0 Å². The normalized spacial score (nSPS) is 24.3. The number of anilines is 1. The Hall–Kier alpha value is -1.72. The fourth-order valence-corrected chi connectivity index (χ4v) is 3.99. The summed E-state index contributed by atoms with van der Waals surface area (Å²) in [5.74, 6) is 1.90. The topological polar surface area (TPSA) is 63.7 Å². The molecule has 1 saturated heterocycles. The molecule has 5 heteroatoms. The Labute approximate surface area is 110 Å². The Balaban J connectivity index is 2.15. The zero-order valence-corrected chi connectivity index (χ0v) is 10.7. The molecule has 0 radical (unpaired) electrons. The van der Waals surface area contributed by atoms with Crippen LogP contribution in [-0.2, 0) is 6.42 Å². The molecule has 0 amide bonds. The fourth-order valence-electron chi connectivity index (χ4n) is 2.81. The van der Waals surface area contributed by atoms with E-state index < -0.39 is 5.41 Å². The summed E-state index contributed by atoms with van der Waals surface area (Å²) in [5, 5.41) is 19.0. The number of pyridine rings is 1. The van der Waals surface area contributed by atoms with Crippen molar-refractivity contribution in [1.82, 2.24) is 4.98 Å². The molecule has 0 spiro atoms. The molecule has 1 aromatic heterocycles. The van der Waals surface area contributed by atoms with Crippen LogP contribution >= 0.6 is 11.8 Å². The molecule has 1 atom stereocenters. The van der Waals surface area contributed by atoms with Crippen LogP contribution in [0.25, 0.3) is 0 Å². The van der Waals surface area contributed by atoms with E-state index in [0.717, 1.165) is 29.3 Å². The Morgan fingerprint density at radius 3 is 3.06 bits per heavy atom. The highest BCUT2D eigenvalue weighted by molar-refractivity contribution is 7.99. The first-order chi connectivity index (χ1) is 8.80. The maximum atomic E-state index is 9.48. The van der Waals surface area contributed by atoms with Crippen molar-refractivity contribution in [2.75, 3.05) is 23.0 Å². The number of fused-ring (bicyclic) bond motifs is 3. The summed E-state index contributed by atoms with van der Waals surface area (Å²) >= 11 is 1.83. The van der Waals surface area contributed by atoms with Gasteiger partial charge in [-0.05, 0) is 11.6 Å². The average molecular weight is 256 g/mol. The van der Waals surface area contributed by atoms with Crippen molar-refractivity contribution in [2.24, 2.45) is 5.41 Å². The van der Waals surface area contributed by atoms with Gasteiger partial charge in [-0.25, -0.2) is 0 Å². The summed E-state index contributed by atoms with van der Waals surface area (Å²) in [4.78, 5) is 6.34. The van der Waals surface area contributed by atoms with Crippen molar-refractivity contribution in [1.29, 1.82) is 10.5 Å². The van der Waals surface area contributed by atoms with Crippen LogP contribution in [0, 0.1) is 28.1 Å². The third kappa shape index (κ3) is 1.48. The van der Waals surface area contributed by atoms with Crippen LogP contribution < -0.4 is 4.90 Å². The van der Waals surface area contributed by atoms with Crippen LogP contribution in [0.4, 0.5) is 5.69 Å². The predicted molar refractivity (Wildman–Crippen MR) is 70.1 cm³/mol. The first-order valence-corrected chi connectivity index (χ1v) is 7.06. The van der Waals surface area contributed by atoms with E-state index >= 15 is 0 Å². The Bertz CT molecular complexity index is 543. The Kier molecular flexibility index (Phi) is 2.65. The van der Waals surface area contributed by atoms with Gasteiger partial charge in [-0.1, -0.05) is 0 Å². The number of aromatic nitrogens is 1. The monoisotopic (exact) mass is 256 g/mol. The maximum absolute atomic E-state index is 9.48. The van der Waals surface area contributed by atoms with Gasteiger partial charge in [0.2, 0.25) is 0 Å². The summed E-state index contributed by atoms with van der Waals surface area (Å²) in [5.41, 5.74) is 1.24. The molecule has 4 nitrogen and oxygen atoms in total. The van der Waals surface area contributed by atoms with E-state index in [0.29, 0.717) is 6.42 Å². The lowest BCUT2D eigenvalue weighted by atomic mass is 9.74. The second-order valence-corrected chi connectivity index (χ2v) is 5.81. The molecule has 0 aliphatic carbocycles. The van der Waals surface area contributed by atoms with Gasteiger partial charge in [0.05, 0.1) is 18.2 Å². The molecule has 90 valence electrons. The van der Waals surface area contributed by atoms with Crippen LogP contribution in [0.5, 0.6) is 0 Å². The second-order valence-electron chi connectivity index (χ2n) is 4.66. The number of nitriles is 2. The Morgan fingerprint density at radius 1 is 1.44 bits per heavy atom. The van der Waals surface area contributed by atoms with Crippen molar-refractivity contribution in [2.45, 2.75) is 12.5 Å². The molecule has 3 heterocycles. The molecule has 1 aromatic rings. The van der Waals surface area contributed by atoms with Gasteiger partial charge < -0.3 is 4.90 Å². The van der Waals surface area contributed by atoms with Crippen molar-refractivity contribution < 1.29 is 0 Å². The summed E-state index contributed by atoms with van der Waals surface area (Å²) in [6.07, 6.45) is 4.06. The number of hydrogen-bond donors (Lipinski definition) is 0. The van der Waals surface area contributed by atoms with Gasteiger partial charge in [-0.15, -0.1) is 0 Å². The molecule has 2 aliphatic rings. The van der Waals surface area contributed by atoms with E-state index in [-0.39, 0.29) is 6.04 Å². The molecule has 3 rings (SSSR count). The lowest BCUT2D eigenvalue weighted by Gasteiger charge is -2.47. The molecule has 0 bridgehead atoms. The van der Waals surface area contributed by atoms with E-state index in [2.05, 4.69) is 22.0 Å². The second kappa shape index (κ2) is 4.19. The minimum atomic E-state index is -0.927. The highest BCUT2D eigenvalue weighted by atomic mass is 32.2. The van der Waals surface area contributed by atoms with Crippen LogP contribution in [0.2, 0.25) is 0 Å². The molecule has 2 aliphatic heterocycles. The van der Waals surface area contributed by atoms with E-state index in [1.165, 1.54) is 0 Å². The van der Waals surface area contributed by atoms with Crippen LogP contribution in [0.1, 0.15) is 5.56 Å². The SMILES string of the molecule is N#CC1(C#N)Cc2cnccc2N2CCSCC21. The van der Waals surface area contributed by atoms with Crippen molar-refractivity contribution in [3.05, 3.63) is 24.0 Å². The van der Waals surface area contributed by atoms with Gasteiger partial charge in [0.1, 0.15) is 0 Å². The first-order valence-electron chi connectivity index (χ1n) is 5.90. The summed E-state index contributed by atoms with van der Waals surface area (Å²) in [6.45, 7) is 0.900. The van der Waals surface area contributed by atoms with Crippen molar-refractivity contribution in [3.8, 4) is 12.1 Å². The minimum Gasteiger partial charge on any atom is -0.364 e. The third-order valence-electron chi connectivity index (χ3n) is 3.75. The highest BCUT2D eigenvalue weighted by Gasteiger charge is 2.48. The van der Waals surface area contributed by atoms with Gasteiger partial charge in [0.15, 0.2) is 5.41 Å². The molecular weight excluding hydrogens is 244 g/mol. The minimum absolute atomic E-state index is 0.00106. The zero-order valence-electron chi connectivity index (χ0n) is 9.83. The molecule has 0 N–H and O–H groups in total. The van der Waals surface area contributed by atoms with E-state index in [1.807, 2.05) is 17.8 Å².